The van der Waals surface area contributed by atoms with E-state index < -0.39 is 39.9 Å². The molecule has 7 rings (SSSR count). The molecule has 0 aliphatic carbocycles. The number of hydrogen-bond donors (Lipinski definition) is 1. The number of nitro groups is 1. The minimum absolute atomic E-state index is 0.0861. The third-order valence-electron chi connectivity index (χ3n) is 8.41. The lowest BCUT2D eigenvalue weighted by Crippen LogP contribution is -2.49. The number of anilines is 1. The second kappa shape index (κ2) is 9.06. The fourth-order valence-corrected chi connectivity index (χ4v) is 6.80. The molecule has 1 N–H and O–H groups in total. The number of rotatable bonds is 5. The SMILES string of the molecule is O=C(c1cccc([N+](=O)[O-])c1)C1C(C(=O)c2cccnc2)C2(C(=O)Nc3ccccc32)C2c3ccccc3C=CN12. The van der Waals surface area contributed by atoms with Gasteiger partial charge in [0.1, 0.15) is 11.5 Å². The van der Waals surface area contributed by atoms with Crippen molar-refractivity contribution in [1.82, 2.24) is 9.88 Å². The van der Waals surface area contributed by atoms with Crippen molar-refractivity contribution >= 4 is 34.9 Å². The number of aromatic nitrogens is 1. The number of benzene rings is 3. The molecule has 1 aromatic heterocycles. The summed E-state index contributed by atoms with van der Waals surface area (Å²) >= 11 is 0. The van der Waals surface area contributed by atoms with Gasteiger partial charge in [0.25, 0.3) is 5.69 Å². The summed E-state index contributed by atoms with van der Waals surface area (Å²) in [5, 5.41) is 14.6. The van der Waals surface area contributed by atoms with Crippen LogP contribution in [0.2, 0.25) is 0 Å². The summed E-state index contributed by atoms with van der Waals surface area (Å²) in [7, 11) is 0. The van der Waals surface area contributed by atoms with E-state index in [1.807, 2.05) is 48.5 Å². The summed E-state index contributed by atoms with van der Waals surface area (Å²) in [6.07, 6.45) is 6.61. The Morgan fingerprint density at radius 1 is 0.927 bits per heavy atom. The van der Waals surface area contributed by atoms with Crippen LogP contribution in [0.25, 0.3) is 6.08 Å². The summed E-state index contributed by atoms with van der Waals surface area (Å²) in [5.41, 5.74) is 1.52. The molecular weight excluding hydrogens is 520 g/mol. The number of hydrogen-bond acceptors (Lipinski definition) is 7. The van der Waals surface area contributed by atoms with Crippen molar-refractivity contribution in [2.75, 3.05) is 5.32 Å². The van der Waals surface area contributed by atoms with E-state index in [1.54, 1.807) is 35.5 Å². The van der Waals surface area contributed by atoms with Crippen molar-refractivity contribution in [3.63, 3.8) is 0 Å². The van der Waals surface area contributed by atoms with Crippen LogP contribution in [0.1, 0.15) is 43.4 Å². The van der Waals surface area contributed by atoms with Crippen molar-refractivity contribution in [3.05, 3.63) is 141 Å². The van der Waals surface area contributed by atoms with Crippen LogP contribution in [-0.2, 0) is 10.2 Å². The molecule has 200 valence electrons. The molecule has 9 heteroatoms. The maximum Gasteiger partial charge on any atom is 0.270 e. The molecule has 4 heterocycles. The Morgan fingerprint density at radius 3 is 2.51 bits per heavy atom. The van der Waals surface area contributed by atoms with Crippen molar-refractivity contribution in [2.45, 2.75) is 17.5 Å². The first kappa shape index (κ1) is 24.6. The van der Waals surface area contributed by atoms with Crippen molar-refractivity contribution < 1.29 is 19.3 Å². The Hall–Kier alpha value is -5.44. The van der Waals surface area contributed by atoms with Crippen LogP contribution in [0.15, 0.2) is 104 Å². The predicted octanol–water partition coefficient (Wildman–Crippen LogP) is 4.97. The van der Waals surface area contributed by atoms with E-state index in [-0.39, 0.29) is 22.7 Å². The number of Topliss-reactive ketones (excluding diaryl/α,β-unsaturated/α-hetero) is 2. The normalized spacial score (nSPS) is 23.5. The third-order valence-corrected chi connectivity index (χ3v) is 8.41. The van der Waals surface area contributed by atoms with Crippen LogP contribution >= 0.6 is 0 Å². The van der Waals surface area contributed by atoms with Gasteiger partial charge in [0.05, 0.1) is 16.9 Å². The molecule has 3 aromatic carbocycles. The lowest BCUT2D eigenvalue weighted by atomic mass is 9.62. The van der Waals surface area contributed by atoms with E-state index in [4.69, 9.17) is 0 Å². The van der Waals surface area contributed by atoms with Crippen LogP contribution in [-0.4, -0.2) is 38.3 Å². The molecule has 0 saturated carbocycles. The van der Waals surface area contributed by atoms with Crippen molar-refractivity contribution in [1.29, 1.82) is 0 Å². The second-order valence-electron chi connectivity index (χ2n) is 10.4. The number of ketones is 2. The highest BCUT2D eigenvalue weighted by Gasteiger charge is 2.70. The Kier molecular flexibility index (Phi) is 5.43. The maximum absolute atomic E-state index is 14.6. The number of para-hydroxylation sites is 1. The van der Waals surface area contributed by atoms with Gasteiger partial charge in [-0.3, -0.25) is 29.5 Å². The first-order valence-corrected chi connectivity index (χ1v) is 13.1. The average molecular weight is 543 g/mol. The minimum Gasteiger partial charge on any atom is -0.358 e. The maximum atomic E-state index is 14.6. The first-order chi connectivity index (χ1) is 19.9. The van der Waals surface area contributed by atoms with Crippen LogP contribution < -0.4 is 5.32 Å². The lowest BCUT2D eigenvalue weighted by Gasteiger charge is -2.38. The molecule has 3 aliphatic heterocycles. The second-order valence-corrected chi connectivity index (χ2v) is 10.4. The zero-order valence-corrected chi connectivity index (χ0v) is 21.5. The Bertz CT molecular complexity index is 1800. The van der Waals surface area contributed by atoms with Crippen molar-refractivity contribution in [3.8, 4) is 0 Å². The molecule has 41 heavy (non-hydrogen) atoms. The van der Waals surface area contributed by atoms with Crippen LogP contribution in [0.3, 0.4) is 0 Å². The predicted molar refractivity (Wildman–Crippen MR) is 150 cm³/mol. The smallest absolute Gasteiger partial charge is 0.270 e. The van der Waals surface area contributed by atoms with E-state index in [9.17, 15) is 24.5 Å². The third kappa shape index (κ3) is 3.42. The standard InChI is InChI=1S/C32H22N4O5/c37-28(21-9-6-15-33-18-21)26-27(29(38)20-8-5-10-22(17-20)36(40)41)35-16-14-19-7-1-2-11-23(19)30(35)32(26)24-12-3-4-13-25(24)34-31(32)39/h1-18,26-27,30H,(H,34,39). The molecule has 1 saturated heterocycles. The van der Waals surface area contributed by atoms with Gasteiger partial charge >= 0.3 is 0 Å². The van der Waals surface area contributed by atoms with Gasteiger partial charge in [-0.05, 0) is 41.0 Å². The highest BCUT2D eigenvalue weighted by atomic mass is 16.6. The van der Waals surface area contributed by atoms with E-state index in [0.717, 1.165) is 11.1 Å². The van der Waals surface area contributed by atoms with E-state index in [0.29, 0.717) is 11.3 Å². The number of non-ortho nitro benzene ring substituents is 1. The Labute approximate surface area is 234 Å². The van der Waals surface area contributed by atoms with Gasteiger partial charge in [-0.2, -0.15) is 0 Å². The number of carbonyl (C=O) groups excluding carboxylic acids is 3. The molecule has 4 unspecified atom stereocenters. The lowest BCUT2D eigenvalue weighted by molar-refractivity contribution is -0.384. The zero-order chi connectivity index (χ0) is 28.3. The van der Waals surface area contributed by atoms with Gasteiger partial charge in [0.2, 0.25) is 5.91 Å². The topological polar surface area (TPSA) is 123 Å². The summed E-state index contributed by atoms with van der Waals surface area (Å²) in [4.78, 5) is 60.4. The largest absolute Gasteiger partial charge is 0.358 e. The average Bonchev–Trinajstić information content (AvgIpc) is 3.49. The number of pyridine rings is 1. The van der Waals surface area contributed by atoms with Crippen molar-refractivity contribution in [2.24, 2.45) is 5.92 Å². The monoisotopic (exact) mass is 542 g/mol. The van der Waals surface area contributed by atoms with Crippen LogP contribution in [0.4, 0.5) is 11.4 Å². The quantitative estimate of drug-likeness (QED) is 0.215. The summed E-state index contributed by atoms with van der Waals surface area (Å²) < 4.78 is 0. The number of amides is 1. The molecular formula is C32H22N4O5. The summed E-state index contributed by atoms with van der Waals surface area (Å²) in [6.45, 7) is 0. The zero-order valence-electron chi connectivity index (χ0n) is 21.5. The Morgan fingerprint density at radius 2 is 1.71 bits per heavy atom. The van der Waals surface area contributed by atoms with Gasteiger partial charge < -0.3 is 10.2 Å². The number of carbonyl (C=O) groups is 3. The van der Waals surface area contributed by atoms with Gasteiger partial charge in [0, 0.05) is 47.5 Å². The molecule has 1 amide bonds. The fraction of sp³-hybridized carbons (Fsp3) is 0.125. The summed E-state index contributed by atoms with van der Waals surface area (Å²) in [5.74, 6) is -2.45. The molecule has 3 aliphatic rings. The number of nitro benzene ring substituents is 1. The van der Waals surface area contributed by atoms with E-state index >= 15 is 0 Å². The molecule has 1 spiro atoms. The highest BCUT2D eigenvalue weighted by molar-refractivity contribution is 6.16. The molecule has 4 atom stereocenters. The van der Waals surface area contributed by atoms with E-state index in [1.165, 1.54) is 30.5 Å². The number of nitrogens with one attached hydrogen (secondary N) is 1. The van der Waals surface area contributed by atoms with E-state index in [2.05, 4.69) is 10.3 Å². The Balaban J connectivity index is 1.53. The molecule has 1 fully saturated rings. The van der Waals surface area contributed by atoms with Gasteiger partial charge in [-0.1, -0.05) is 54.6 Å². The number of nitrogens with zero attached hydrogens (tertiary/aromatic N) is 3. The van der Waals surface area contributed by atoms with Gasteiger partial charge in [-0.15, -0.1) is 0 Å². The molecule has 9 nitrogen and oxygen atoms in total. The van der Waals surface area contributed by atoms with Gasteiger partial charge in [0.15, 0.2) is 11.6 Å². The minimum atomic E-state index is -1.48. The highest BCUT2D eigenvalue weighted by Crippen LogP contribution is 2.62. The fourth-order valence-electron chi connectivity index (χ4n) is 6.80. The number of fused-ring (bicyclic) bond motifs is 6. The molecule has 4 aromatic rings. The molecule has 0 radical (unpaired) electrons. The summed E-state index contributed by atoms with van der Waals surface area (Å²) in [6, 6.07) is 21.8. The van der Waals surface area contributed by atoms with Gasteiger partial charge in [-0.25, -0.2) is 0 Å². The molecule has 0 bridgehead atoms. The van der Waals surface area contributed by atoms with Crippen LogP contribution in [0, 0.1) is 16.0 Å². The first-order valence-electron chi connectivity index (χ1n) is 13.1. The van der Waals surface area contributed by atoms with Crippen LogP contribution in [0.5, 0.6) is 0 Å².